The van der Waals surface area contributed by atoms with E-state index in [2.05, 4.69) is 23.4 Å². The summed E-state index contributed by atoms with van der Waals surface area (Å²) in [7, 11) is 5.53. The van der Waals surface area contributed by atoms with Gasteiger partial charge in [0.25, 0.3) is 0 Å². The van der Waals surface area contributed by atoms with Crippen LogP contribution in [0.15, 0.2) is 36.8 Å². The van der Waals surface area contributed by atoms with Gasteiger partial charge in [-0.1, -0.05) is 13.2 Å². The number of hydrogen-bond acceptors (Lipinski definition) is 3. The Kier molecular flexibility index (Phi) is 6.58. The minimum atomic E-state index is 0.633. The van der Waals surface area contributed by atoms with Crippen LogP contribution in [0.2, 0.25) is 0 Å². The van der Waals surface area contributed by atoms with Crippen molar-refractivity contribution in [2.45, 2.75) is 0 Å². The van der Waals surface area contributed by atoms with E-state index < -0.39 is 0 Å². The lowest BCUT2D eigenvalue weighted by molar-refractivity contribution is 0.308. The highest BCUT2D eigenvalue weighted by Crippen LogP contribution is 2.02. The number of nitrogens with zero attached hydrogens (tertiary/aromatic N) is 1. The van der Waals surface area contributed by atoms with E-state index in [-0.39, 0.29) is 0 Å². The zero-order valence-electron chi connectivity index (χ0n) is 9.34. The first-order valence-electron chi connectivity index (χ1n) is 4.57. The van der Waals surface area contributed by atoms with E-state index in [4.69, 9.17) is 4.74 Å². The van der Waals surface area contributed by atoms with Gasteiger partial charge in [0.1, 0.15) is 5.76 Å². The van der Waals surface area contributed by atoms with Gasteiger partial charge in [0, 0.05) is 25.8 Å². The average Bonchev–Trinajstić information content (AvgIpc) is 2.21. The number of ether oxygens (including phenoxy) is 1. The van der Waals surface area contributed by atoms with Crippen LogP contribution in [-0.2, 0) is 4.74 Å². The van der Waals surface area contributed by atoms with Gasteiger partial charge in [-0.05, 0) is 19.2 Å². The van der Waals surface area contributed by atoms with Crippen LogP contribution in [0.25, 0.3) is 0 Å². The summed E-state index contributed by atoms with van der Waals surface area (Å²) >= 11 is 0. The van der Waals surface area contributed by atoms with Gasteiger partial charge >= 0.3 is 0 Å². The monoisotopic (exact) mass is 196 g/mol. The van der Waals surface area contributed by atoms with Gasteiger partial charge in [0.15, 0.2) is 0 Å². The molecule has 0 atom stereocenters. The molecule has 0 rings (SSSR count). The van der Waals surface area contributed by atoms with Crippen LogP contribution < -0.4 is 5.32 Å². The van der Waals surface area contributed by atoms with Crippen LogP contribution >= 0.6 is 0 Å². The second kappa shape index (κ2) is 7.21. The molecule has 0 aromatic rings. The van der Waals surface area contributed by atoms with Gasteiger partial charge in [-0.2, -0.15) is 0 Å². The molecule has 0 aliphatic rings. The lowest BCUT2D eigenvalue weighted by Crippen LogP contribution is -2.25. The third-order valence-corrected chi connectivity index (χ3v) is 1.91. The van der Waals surface area contributed by atoms with E-state index in [1.807, 2.05) is 20.2 Å². The number of allylic oxidation sites excluding steroid dienone is 2. The number of rotatable bonds is 7. The number of methoxy groups -OCH3 is 1. The van der Waals surface area contributed by atoms with Crippen molar-refractivity contribution in [3.05, 3.63) is 36.8 Å². The highest BCUT2D eigenvalue weighted by atomic mass is 16.5. The summed E-state index contributed by atoms with van der Waals surface area (Å²) in [5.41, 5.74) is 0.943. The van der Waals surface area contributed by atoms with Crippen LogP contribution in [0.5, 0.6) is 0 Å². The van der Waals surface area contributed by atoms with Gasteiger partial charge in [-0.3, -0.25) is 0 Å². The maximum atomic E-state index is 4.91. The Labute approximate surface area is 86.7 Å². The summed E-state index contributed by atoms with van der Waals surface area (Å²) in [4.78, 5) is 2.07. The molecule has 0 amide bonds. The predicted molar refractivity (Wildman–Crippen MR) is 61.0 cm³/mol. The standard InChI is InChI=1S/C11H20N2O/c1-10(6-7-11(2)14-5)13(4)9-8-12-3/h6-7,12H,1-2,8-9H2,3-5H3. The zero-order valence-corrected chi connectivity index (χ0v) is 9.34. The fourth-order valence-corrected chi connectivity index (χ4v) is 0.808. The lowest BCUT2D eigenvalue weighted by atomic mass is 10.3. The fourth-order valence-electron chi connectivity index (χ4n) is 0.808. The maximum Gasteiger partial charge on any atom is 0.111 e. The number of nitrogens with one attached hydrogen (secondary N) is 1. The van der Waals surface area contributed by atoms with Crippen molar-refractivity contribution in [3.8, 4) is 0 Å². The average molecular weight is 196 g/mol. The molecule has 0 aromatic heterocycles. The molecule has 0 saturated carbocycles. The first kappa shape index (κ1) is 12.8. The molecule has 0 aromatic carbocycles. The van der Waals surface area contributed by atoms with Gasteiger partial charge in [0.05, 0.1) is 7.11 Å². The van der Waals surface area contributed by atoms with Crippen LogP contribution in [0, 0.1) is 0 Å². The fraction of sp³-hybridized carbons (Fsp3) is 0.455. The van der Waals surface area contributed by atoms with Crippen LogP contribution in [-0.4, -0.2) is 39.2 Å². The smallest absolute Gasteiger partial charge is 0.111 e. The molecule has 0 aliphatic carbocycles. The highest BCUT2D eigenvalue weighted by Gasteiger charge is 1.96. The molecule has 0 radical (unpaired) electrons. The van der Waals surface area contributed by atoms with Crippen molar-refractivity contribution in [3.63, 3.8) is 0 Å². The predicted octanol–water partition coefficient (Wildman–Crippen LogP) is 1.37. The van der Waals surface area contributed by atoms with Crippen molar-refractivity contribution < 1.29 is 4.74 Å². The molecule has 1 N–H and O–H groups in total. The maximum absolute atomic E-state index is 4.91. The second-order valence-corrected chi connectivity index (χ2v) is 3.02. The summed E-state index contributed by atoms with van der Waals surface area (Å²) in [6, 6.07) is 0. The Hall–Kier alpha value is -1.22. The molecule has 14 heavy (non-hydrogen) atoms. The van der Waals surface area contributed by atoms with E-state index >= 15 is 0 Å². The first-order valence-corrected chi connectivity index (χ1v) is 4.57. The van der Waals surface area contributed by atoms with Crippen molar-refractivity contribution in [2.24, 2.45) is 0 Å². The Bertz CT molecular complexity index is 221. The summed E-state index contributed by atoms with van der Waals surface area (Å²) in [5.74, 6) is 0.633. The van der Waals surface area contributed by atoms with Gasteiger partial charge in [0.2, 0.25) is 0 Å². The largest absolute Gasteiger partial charge is 0.497 e. The molecule has 0 heterocycles. The normalized spacial score (nSPS) is 10.2. The first-order chi connectivity index (χ1) is 6.61. The minimum Gasteiger partial charge on any atom is -0.497 e. The van der Waals surface area contributed by atoms with Gasteiger partial charge in [-0.15, -0.1) is 0 Å². The SMILES string of the molecule is C=C(C=CC(=C)N(C)CCNC)OC. The van der Waals surface area contributed by atoms with Crippen LogP contribution in [0.4, 0.5) is 0 Å². The van der Waals surface area contributed by atoms with E-state index in [0.29, 0.717) is 5.76 Å². The third kappa shape index (κ3) is 5.43. The number of likely N-dealkylation sites (N-methyl/N-ethyl adjacent to an activating group) is 2. The highest BCUT2D eigenvalue weighted by molar-refractivity contribution is 5.20. The molecular formula is C11H20N2O. The summed E-state index contributed by atoms with van der Waals surface area (Å²) in [6.45, 7) is 9.48. The van der Waals surface area contributed by atoms with E-state index in [9.17, 15) is 0 Å². The molecule has 3 nitrogen and oxygen atoms in total. The molecule has 0 bridgehead atoms. The van der Waals surface area contributed by atoms with Crippen LogP contribution in [0.1, 0.15) is 0 Å². The Balaban J connectivity index is 3.94. The zero-order chi connectivity index (χ0) is 11.0. The van der Waals surface area contributed by atoms with E-state index in [0.717, 1.165) is 18.8 Å². The van der Waals surface area contributed by atoms with Gasteiger partial charge < -0.3 is 15.0 Å². The summed E-state index contributed by atoms with van der Waals surface area (Å²) < 4.78 is 4.91. The molecule has 0 aliphatic heterocycles. The second-order valence-electron chi connectivity index (χ2n) is 3.02. The van der Waals surface area contributed by atoms with Crippen molar-refractivity contribution in [1.29, 1.82) is 0 Å². The Morgan fingerprint density at radius 2 is 2.07 bits per heavy atom. The molecule has 80 valence electrons. The van der Waals surface area contributed by atoms with Crippen molar-refractivity contribution >= 4 is 0 Å². The van der Waals surface area contributed by atoms with Gasteiger partial charge in [-0.25, -0.2) is 0 Å². The van der Waals surface area contributed by atoms with Crippen molar-refractivity contribution in [1.82, 2.24) is 10.2 Å². The minimum absolute atomic E-state index is 0.633. The Morgan fingerprint density at radius 1 is 1.43 bits per heavy atom. The molecule has 0 spiro atoms. The Morgan fingerprint density at radius 3 is 2.57 bits per heavy atom. The topological polar surface area (TPSA) is 24.5 Å². The van der Waals surface area contributed by atoms with Crippen LogP contribution in [0.3, 0.4) is 0 Å². The van der Waals surface area contributed by atoms with Crippen molar-refractivity contribution in [2.75, 3.05) is 34.3 Å². The summed E-state index contributed by atoms with van der Waals surface area (Å²) in [6.07, 6.45) is 3.69. The van der Waals surface area contributed by atoms with E-state index in [1.165, 1.54) is 0 Å². The van der Waals surface area contributed by atoms with E-state index in [1.54, 1.807) is 13.2 Å². The lowest BCUT2D eigenvalue weighted by Gasteiger charge is -2.18. The molecule has 0 fully saturated rings. The number of hydrogen-bond donors (Lipinski definition) is 1. The molecule has 3 heteroatoms. The quantitative estimate of drug-likeness (QED) is 0.491. The molecule has 0 saturated heterocycles. The third-order valence-electron chi connectivity index (χ3n) is 1.91. The molecular weight excluding hydrogens is 176 g/mol. The molecule has 0 unspecified atom stereocenters. The summed E-state index contributed by atoms with van der Waals surface area (Å²) in [5, 5.41) is 3.08.